The highest BCUT2D eigenvalue weighted by Crippen LogP contribution is 2.28. The van der Waals surface area contributed by atoms with Crippen molar-refractivity contribution in [2.75, 3.05) is 0 Å². The van der Waals surface area contributed by atoms with E-state index in [2.05, 4.69) is 25.9 Å². The molecule has 0 amide bonds. The fourth-order valence-corrected chi connectivity index (χ4v) is 1.45. The zero-order chi connectivity index (χ0) is 10.9. The molecule has 1 N–H and O–H groups in total. The second kappa shape index (κ2) is 4.13. The summed E-state index contributed by atoms with van der Waals surface area (Å²) in [5, 5.41) is 14.2. The third-order valence-corrected chi connectivity index (χ3v) is 3.14. The predicted octanol–water partition coefficient (Wildman–Crippen LogP) is 2.05. The number of rotatable bonds is 3. The minimum absolute atomic E-state index is 0.262. The number of nitrogens with zero attached hydrogens (tertiary/aromatic N) is 2. The molecule has 0 spiro atoms. The molecule has 0 radical (unpaired) electrons. The van der Waals surface area contributed by atoms with E-state index in [0.717, 1.165) is 11.3 Å². The van der Waals surface area contributed by atoms with Crippen LogP contribution in [0, 0.1) is 18.8 Å². The van der Waals surface area contributed by atoms with E-state index in [1.807, 2.05) is 14.0 Å². The third-order valence-electron chi connectivity index (χ3n) is 3.14. The molecule has 0 aliphatic carbocycles. The Morgan fingerprint density at radius 3 is 2.29 bits per heavy atom. The smallest absolute Gasteiger partial charge is 0.0851 e. The van der Waals surface area contributed by atoms with Gasteiger partial charge in [-0.1, -0.05) is 20.8 Å². The zero-order valence-corrected chi connectivity index (χ0v) is 9.65. The summed E-state index contributed by atoms with van der Waals surface area (Å²) in [6.07, 6.45) is 1.36. The van der Waals surface area contributed by atoms with Crippen LogP contribution in [-0.2, 0) is 7.05 Å². The first-order valence-electron chi connectivity index (χ1n) is 5.11. The van der Waals surface area contributed by atoms with Gasteiger partial charge in [0.05, 0.1) is 12.3 Å². The van der Waals surface area contributed by atoms with Crippen LogP contribution in [0.3, 0.4) is 0 Å². The van der Waals surface area contributed by atoms with E-state index >= 15 is 0 Å². The van der Waals surface area contributed by atoms with Gasteiger partial charge in [-0.05, 0) is 18.8 Å². The highest BCUT2D eigenvalue weighted by Gasteiger charge is 2.22. The standard InChI is InChI=1S/C11H20N2O/c1-7(2)8(3)11(14)10-6-12-13(5)9(10)4/h6-8,11,14H,1-5H3. The van der Waals surface area contributed by atoms with E-state index in [4.69, 9.17) is 0 Å². The van der Waals surface area contributed by atoms with Gasteiger partial charge in [0.2, 0.25) is 0 Å². The van der Waals surface area contributed by atoms with E-state index in [0.29, 0.717) is 5.92 Å². The summed E-state index contributed by atoms with van der Waals surface area (Å²) in [4.78, 5) is 0. The lowest BCUT2D eigenvalue weighted by molar-refractivity contribution is 0.0914. The van der Waals surface area contributed by atoms with Gasteiger partial charge in [-0.25, -0.2) is 0 Å². The predicted molar refractivity (Wildman–Crippen MR) is 56.9 cm³/mol. The largest absolute Gasteiger partial charge is 0.388 e. The number of aliphatic hydroxyl groups excluding tert-OH is 1. The molecule has 0 fully saturated rings. The maximum Gasteiger partial charge on any atom is 0.0851 e. The van der Waals surface area contributed by atoms with E-state index in [-0.39, 0.29) is 5.92 Å². The van der Waals surface area contributed by atoms with Gasteiger partial charge in [-0.2, -0.15) is 5.10 Å². The summed E-state index contributed by atoms with van der Waals surface area (Å²) in [6.45, 7) is 8.31. The Balaban J connectivity index is 2.89. The molecule has 2 unspecified atom stereocenters. The average Bonchev–Trinajstić information content (AvgIpc) is 2.45. The summed E-state index contributed by atoms with van der Waals surface area (Å²) in [5.41, 5.74) is 2.00. The van der Waals surface area contributed by atoms with Crippen LogP contribution in [0.2, 0.25) is 0 Å². The summed E-state index contributed by atoms with van der Waals surface area (Å²) in [6, 6.07) is 0. The van der Waals surface area contributed by atoms with Crippen LogP contribution in [0.4, 0.5) is 0 Å². The summed E-state index contributed by atoms with van der Waals surface area (Å²) in [5.74, 6) is 0.738. The van der Waals surface area contributed by atoms with Crippen molar-refractivity contribution < 1.29 is 5.11 Å². The molecule has 0 aromatic carbocycles. The lowest BCUT2D eigenvalue weighted by Gasteiger charge is -2.21. The molecule has 0 saturated carbocycles. The zero-order valence-electron chi connectivity index (χ0n) is 9.65. The maximum absolute atomic E-state index is 10.1. The lowest BCUT2D eigenvalue weighted by Crippen LogP contribution is -2.15. The van der Waals surface area contributed by atoms with Crippen LogP contribution in [0.5, 0.6) is 0 Å². The van der Waals surface area contributed by atoms with Crippen LogP contribution in [-0.4, -0.2) is 14.9 Å². The summed E-state index contributed by atoms with van der Waals surface area (Å²) >= 11 is 0. The van der Waals surface area contributed by atoms with Gasteiger partial charge in [0.15, 0.2) is 0 Å². The minimum atomic E-state index is -0.399. The minimum Gasteiger partial charge on any atom is -0.388 e. The molecule has 3 heteroatoms. The first kappa shape index (κ1) is 11.2. The second-order valence-corrected chi connectivity index (χ2v) is 4.36. The molecule has 2 atom stereocenters. The summed E-state index contributed by atoms with van der Waals surface area (Å²) in [7, 11) is 1.89. The fourth-order valence-electron chi connectivity index (χ4n) is 1.45. The Bertz CT molecular complexity index is 304. The van der Waals surface area contributed by atoms with Crippen molar-refractivity contribution in [3.8, 4) is 0 Å². The molecule has 14 heavy (non-hydrogen) atoms. The van der Waals surface area contributed by atoms with Crippen LogP contribution in [0.25, 0.3) is 0 Å². The number of hydrogen-bond donors (Lipinski definition) is 1. The Kier molecular flexibility index (Phi) is 3.32. The van der Waals surface area contributed by atoms with Gasteiger partial charge < -0.3 is 5.11 Å². The van der Waals surface area contributed by atoms with Crippen LogP contribution in [0.15, 0.2) is 6.20 Å². The number of aryl methyl sites for hydroxylation is 1. The Labute approximate surface area is 85.8 Å². The van der Waals surface area contributed by atoms with E-state index in [1.54, 1.807) is 10.9 Å². The molecule has 0 saturated heterocycles. The SMILES string of the molecule is Cc1c(C(O)C(C)C(C)C)cnn1C. The molecule has 0 bridgehead atoms. The van der Waals surface area contributed by atoms with Crippen LogP contribution < -0.4 is 0 Å². The molecule has 0 aliphatic heterocycles. The van der Waals surface area contributed by atoms with Gasteiger partial charge in [0, 0.05) is 18.3 Å². The number of hydrogen-bond acceptors (Lipinski definition) is 2. The second-order valence-electron chi connectivity index (χ2n) is 4.36. The van der Waals surface area contributed by atoms with E-state index in [9.17, 15) is 5.11 Å². The molecule has 3 nitrogen and oxygen atoms in total. The number of aliphatic hydroxyl groups is 1. The topological polar surface area (TPSA) is 38.1 Å². The van der Waals surface area contributed by atoms with Crippen molar-refractivity contribution in [3.05, 3.63) is 17.5 Å². The van der Waals surface area contributed by atoms with Crippen molar-refractivity contribution in [2.24, 2.45) is 18.9 Å². The Hall–Kier alpha value is -0.830. The first-order chi connectivity index (χ1) is 6.45. The molecular weight excluding hydrogens is 176 g/mol. The van der Waals surface area contributed by atoms with Gasteiger partial charge in [0.1, 0.15) is 0 Å². The average molecular weight is 196 g/mol. The van der Waals surface area contributed by atoms with Crippen molar-refractivity contribution in [1.82, 2.24) is 9.78 Å². The van der Waals surface area contributed by atoms with Crippen LogP contribution in [0.1, 0.15) is 38.1 Å². The molecule has 80 valence electrons. The molecule has 1 heterocycles. The lowest BCUT2D eigenvalue weighted by atomic mass is 9.88. The summed E-state index contributed by atoms with van der Waals surface area (Å²) < 4.78 is 1.80. The van der Waals surface area contributed by atoms with Crippen molar-refractivity contribution in [2.45, 2.75) is 33.8 Å². The van der Waals surface area contributed by atoms with Gasteiger partial charge in [-0.3, -0.25) is 4.68 Å². The first-order valence-corrected chi connectivity index (χ1v) is 5.11. The fraction of sp³-hybridized carbons (Fsp3) is 0.727. The highest BCUT2D eigenvalue weighted by atomic mass is 16.3. The van der Waals surface area contributed by atoms with Crippen molar-refractivity contribution in [3.63, 3.8) is 0 Å². The van der Waals surface area contributed by atoms with Gasteiger partial charge in [-0.15, -0.1) is 0 Å². The quantitative estimate of drug-likeness (QED) is 0.803. The van der Waals surface area contributed by atoms with Gasteiger partial charge in [0.25, 0.3) is 0 Å². The molecule has 1 aromatic heterocycles. The molecular formula is C11H20N2O. The van der Waals surface area contributed by atoms with E-state index in [1.165, 1.54) is 0 Å². The molecule has 1 aromatic rings. The number of aromatic nitrogens is 2. The monoisotopic (exact) mass is 196 g/mol. The Morgan fingerprint density at radius 2 is 1.93 bits per heavy atom. The normalized spacial score (nSPS) is 15.9. The van der Waals surface area contributed by atoms with Crippen molar-refractivity contribution in [1.29, 1.82) is 0 Å². The molecule has 1 rings (SSSR count). The van der Waals surface area contributed by atoms with E-state index < -0.39 is 6.10 Å². The third kappa shape index (κ3) is 1.98. The maximum atomic E-state index is 10.1. The highest BCUT2D eigenvalue weighted by molar-refractivity contribution is 5.19. The van der Waals surface area contributed by atoms with Crippen LogP contribution >= 0.6 is 0 Å². The molecule has 0 aliphatic rings. The Morgan fingerprint density at radius 1 is 1.36 bits per heavy atom. The van der Waals surface area contributed by atoms with Gasteiger partial charge >= 0.3 is 0 Å². The van der Waals surface area contributed by atoms with Crippen molar-refractivity contribution >= 4 is 0 Å².